The quantitative estimate of drug-likeness (QED) is 0.878. The zero-order valence-corrected chi connectivity index (χ0v) is 13.3. The Labute approximate surface area is 134 Å². The fourth-order valence-corrected chi connectivity index (χ4v) is 2.10. The lowest BCUT2D eigenvalue weighted by atomic mass is 10.2. The second kappa shape index (κ2) is 7.04. The molecule has 1 aromatic carbocycles. The van der Waals surface area contributed by atoms with E-state index in [0.29, 0.717) is 22.1 Å². The summed E-state index contributed by atoms with van der Waals surface area (Å²) in [5, 5.41) is 3.36. The first-order valence-electron chi connectivity index (χ1n) is 6.64. The molecule has 2 aromatic rings. The van der Waals surface area contributed by atoms with Gasteiger partial charge in [0.25, 0.3) is 0 Å². The topological polar surface area (TPSA) is 64.1 Å². The molecule has 1 amide bonds. The number of benzene rings is 1. The van der Waals surface area contributed by atoms with Gasteiger partial charge in [-0.1, -0.05) is 29.8 Å². The highest BCUT2D eigenvalue weighted by Crippen LogP contribution is 2.20. The first-order chi connectivity index (χ1) is 10.5. The number of aromatic nitrogens is 2. The van der Waals surface area contributed by atoms with Gasteiger partial charge in [0.2, 0.25) is 5.91 Å². The summed E-state index contributed by atoms with van der Waals surface area (Å²) in [5.41, 5.74) is 2.64. The van der Waals surface area contributed by atoms with Crippen LogP contribution in [0, 0.1) is 13.8 Å². The number of carbonyl (C=O) groups is 1. The average Bonchev–Trinajstić information content (AvgIpc) is 2.49. The van der Waals surface area contributed by atoms with Gasteiger partial charge in [-0.05, 0) is 31.6 Å². The van der Waals surface area contributed by atoms with Crippen molar-refractivity contribution in [3.05, 3.63) is 52.3 Å². The second-order valence-electron chi connectivity index (χ2n) is 4.60. The number of methoxy groups -OCH3 is 1. The van der Waals surface area contributed by atoms with Crippen molar-refractivity contribution in [2.75, 3.05) is 12.4 Å². The van der Waals surface area contributed by atoms with Crippen molar-refractivity contribution in [2.24, 2.45) is 0 Å². The summed E-state index contributed by atoms with van der Waals surface area (Å²) in [6, 6.07) is 7.57. The van der Waals surface area contributed by atoms with E-state index in [1.807, 2.05) is 18.2 Å². The molecule has 0 bridgehead atoms. The highest BCUT2D eigenvalue weighted by molar-refractivity contribution is 6.32. The van der Waals surface area contributed by atoms with Crippen LogP contribution in [0.1, 0.15) is 17.0 Å². The summed E-state index contributed by atoms with van der Waals surface area (Å²) in [6.45, 7) is 3.56. The molecule has 0 spiro atoms. The van der Waals surface area contributed by atoms with Crippen LogP contribution in [0.4, 0.5) is 5.69 Å². The molecule has 6 heteroatoms. The number of hydrogen-bond acceptors (Lipinski definition) is 4. The molecule has 0 saturated heterocycles. The minimum absolute atomic E-state index is 0.277. The third kappa shape index (κ3) is 3.83. The number of nitrogens with one attached hydrogen (secondary N) is 1. The summed E-state index contributed by atoms with van der Waals surface area (Å²) in [6.07, 6.45) is 3.08. The molecule has 0 aliphatic heterocycles. The second-order valence-corrected chi connectivity index (χ2v) is 5.01. The van der Waals surface area contributed by atoms with Gasteiger partial charge in [0.1, 0.15) is 0 Å². The Balaban J connectivity index is 2.15. The monoisotopic (exact) mass is 317 g/mol. The maximum absolute atomic E-state index is 12.0. The Bertz CT molecular complexity index is 706. The van der Waals surface area contributed by atoms with E-state index in [4.69, 9.17) is 16.3 Å². The van der Waals surface area contributed by atoms with E-state index >= 15 is 0 Å². The first kappa shape index (κ1) is 16.0. The zero-order valence-electron chi connectivity index (χ0n) is 12.6. The SMILES string of the molecule is COc1nc(C)c(NC(=O)/C=C/c2ccccc2Cl)c(C)n1. The van der Waals surface area contributed by atoms with Crippen molar-refractivity contribution in [1.29, 1.82) is 0 Å². The Hall–Kier alpha value is -2.40. The summed E-state index contributed by atoms with van der Waals surface area (Å²) >= 11 is 6.03. The molecular weight excluding hydrogens is 302 g/mol. The van der Waals surface area contributed by atoms with Crippen molar-refractivity contribution < 1.29 is 9.53 Å². The molecule has 0 unspecified atom stereocenters. The molecule has 5 nitrogen and oxygen atoms in total. The van der Waals surface area contributed by atoms with E-state index in [0.717, 1.165) is 5.56 Å². The van der Waals surface area contributed by atoms with Gasteiger partial charge in [-0.25, -0.2) is 0 Å². The van der Waals surface area contributed by atoms with Gasteiger partial charge in [0.05, 0.1) is 24.2 Å². The van der Waals surface area contributed by atoms with Crippen molar-refractivity contribution in [3.63, 3.8) is 0 Å². The summed E-state index contributed by atoms with van der Waals surface area (Å²) in [7, 11) is 1.50. The molecule has 22 heavy (non-hydrogen) atoms. The number of nitrogens with zero attached hydrogens (tertiary/aromatic N) is 2. The van der Waals surface area contributed by atoms with Crippen LogP contribution in [0.15, 0.2) is 30.3 Å². The molecule has 0 radical (unpaired) electrons. The van der Waals surface area contributed by atoms with Crippen molar-refractivity contribution >= 4 is 29.3 Å². The maximum atomic E-state index is 12.0. The molecule has 0 atom stereocenters. The summed E-state index contributed by atoms with van der Waals surface area (Å²) in [4.78, 5) is 20.3. The van der Waals surface area contributed by atoms with Crippen LogP contribution in [0.25, 0.3) is 6.08 Å². The Morgan fingerprint density at radius 2 is 1.86 bits per heavy atom. The van der Waals surface area contributed by atoms with Gasteiger partial charge in [0.15, 0.2) is 0 Å². The minimum Gasteiger partial charge on any atom is -0.467 e. The van der Waals surface area contributed by atoms with Crippen LogP contribution in [-0.4, -0.2) is 23.0 Å². The van der Waals surface area contributed by atoms with E-state index < -0.39 is 0 Å². The molecule has 0 aliphatic carbocycles. The predicted molar refractivity (Wildman–Crippen MR) is 87.2 cm³/mol. The van der Waals surface area contributed by atoms with E-state index in [1.54, 1.807) is 26.0 Å². The number of anilines is 1. The Morgan fingerprint density at radius 3 is 2.45 bits per heavy atom. The van der Waals surface area contributed by atoms with E-state index in [2.05, 4.69) is 15.3 Å². The molecule has 0 fully saturated rings. The molecule has 114 valence electrons. The summed E-state index contributed by atoms with van der Waals surface area (Å²) < 4.78 is 4.99. The van der Waals surface area contributed by atoms with Gasteiger partial charge in [-0.3, -0.25) is 4.79 Å². The van der Waals surface area contributed by atoms with Crippen molar-refractivity contribution in [3.8, 4) is 6.01 Å². The van der Waals surface area contributed by atoms with Crippen LogP contribution in [-0.2, 0) is 4.79 Å². The fraction of sp³-hybridized carbons (Fsp3) is 0.188. The van der Waals surface area contributed by atoms with E-state index in [1.165, 1.54) is 13.2 Å². The molecule has 1 aromatic heterocycles. The van der Waals surface area contributed by atoms with Gasteiger partial charge < -0.3 is 10.1 Å². The standard InChI is InChI=1S/C16H16ClN3O2/c1-10-15(11(2)19-16(18-10)22-3)20-14(21)9-8-12-6-4-5-7-13(12)17/h4-9H,1-3H3,(H,20,21)/b9-8+. The molecule has 2 rings (SSSR count). The van der Waals surface area contributed by atoms with Crippen LogP contribution in [0.2, 0.25) is 5.02 Å². The number of amides is 1. The molecule has 0 aliphatic rings. The molecular formula is C16H16ClN3O2. The van der Waals surface area contributed by atoms with Crippen LogP contribution in [0.3, 0.4) is 0 Å². The lowest BCUT2D eigenvalue weighted by Gasteiger charge is -2.10. The lowest BCUT2D eigenvalue weighted by molar-refractivity contribution is -0.111. The maximum Gasteiger partial charge on any atom is 0.316 e. The van der Waals surface area contributed by atoms with Gasteiger partial charge >= 0.3 is 6.01 Å². The lowest BCUT2D eigenvalue weighted by Crippen LogP contribution is -2.12. The molecule has 1 N–H and O–H groups in total. The Kier molecular flexibility index (Phi) is 5.12. The van der Waals surface area contributed by atoms with Crippen LogP contribution < -0.4 is 10.1 Å². The largest absolute Gasteiger partial charge is 0.467 e. The van der Waals surface area contributed by atoms with Crippen molar-refractivity contribution in [1.82, 2.24) is 9.97 Å². The fourth-order valence-electron chi connectivity index (χ4n) is 1.90. The normalized spacial score (nSPS) is 10.7. The van der Waals surface area contributed by atoms with E-state index in [-0.39, 0.29) is 11.9 Å². The highest BCUT2D eigenvalue weighted by Gasteiger charge is 2.10. The number of halogens is 1. The average molecular weight is 318 g/mol. The van der Waals surface area contributed by atoms with Crippen molar-refractivity contribution in [2.45, 2.75) is 13.8 Å². The molecule has 0 saturated carbocycles. The minimum atomic E-state index is -0.278. The predicted octanol–water partition coefficient (Wildman–Crippen LogP) is 3.41. The summed E-state index contributed by atoms with van der Waals surface area (Å²) in [5.74, 6) is -0.278. The number of hydrogen-bond donors (Lipinski definition) is 1. The number of aryl methyl sites for hydroxylation is 2. The number of rotatable bonds is 4. The van der Waals surface area contributed by atoms with Gasteiger partial charge in [0, 0.05) is 11.1 Å². The van der Waals surface area contributed by atoms with E-state index in [9.17, 15) is 4.79 Å². The molecule has 1 heterocycles. The van der Waals surface area contributed by atoms with Crippen LogP contribution in [0.5, 0.6) is 6.01 Å². The van der Waals surface area contributed by atoms with Gasteiger partial charge in [-0.2, -0.15) is 9.97 Å². The smallest absolute Gasteiger partial charge is 0.316 e. The zero-order chi connectivity index (χ0) is 16.1. The van der Waals surface area contributed by atoms with Crippen LogP contribution >= 0.6 is 11.6 Å². The third-order valence-corrected chi connectivity index (χ3v) is 3.34. The first-order valence-corrected chi connectivity index (χ1v) is 7.02. The number of carbonyl (C=O) groups excluding carboxylic acids is 1. The third-order valence-electron chi connectivity index (χ3n) is 3.00. The number of ether oxygens (including phenoxy) is 1. The van der Waals surface area contributed by atoms with Gasteiger partial charge in [-0.15, -0.1) is 0 Å². The Morgan fingerprint density at radius 1 is 1.23 bits per heavy atom. The highest BCUT2D eigenvalue weighted by atomic mass is 35.5.